The van der Waals surface area contributed by atoms with Crippen molar-refractivity contribution >= 4 is 34.6 Å². The molecule has 0 atom stereocenters. The second-order valence-electron chi connectivity index (χ2n) is 7.88. The van der Waals surface area contributed by atoms with Crippen LogP contribution in [-0.4, -0.2) is 50.8 Å². The van der Waals surface area contributed by atoms with E-state index in [1.807, 2.05) is 35.4 Å². The van der Waals surface area contributed by atoms with Crippen LogP contribution in [0.3, 0.4) is 0 Å². The number of halogens is 1. The van der Waals surface area contributed by atoms with Gasteiger partial charge in [-0.3, -0.25) is 14.5 Å². The summed E-state index contributed by atoms with van der Waals surface area (Å²) >= 11 is 5.38. The van der Waals surface area contributed by atoms with E-state index in [2.05, 4.69) is 21.3 Å². The maximum absolute atomic E-state index is 13.5. The van der Waals surface area contributed by atoms with Gasteiger partial charge in [-0.25, -0.2) is 4.39 Å². The number of amides is 1. The van der Waals surface area contributed by atoms with Gasteiger partial charge < -0.3 is 14.6 Å². The molecule has 0 unspecified atom stereocenters. The zero-order valence-corrected chi connectivity index (χ0v) is 18.8. The molecule has 0 radical (unpaired) electrons. The second-order valence-corrected chi connectivity index (χ2v) is 8.27. The smallest absolute Gasteiger partial charge is 0.242 e. The van der Waals surface area contributed by atoms with Gasteiger partial charge in [-0.05, 0) is 66.7 Å². The van der Waals surface area contributed by atoms with Crippen molar-refractivity contribution in [3.63, 3.8) is 0 Å². The monoisotopic (exact) mass is 463 g/mol. The fourth-order valence-electron chi connectivity index (χ4n) is 4.16. The van der Waals surface area contributed by atoms with Crippen LogP contribution in [0.1, 0.15) is 12.0 Å². The molecule has 1 aliphatic rings. The average molecular weight is 464 g/mol. The van der Waals surface area contributed by atoms with Crippen molar-refractivity contribution in [2.75, 3.05) is 20.2 Å². The zero-order chi connectivity index (χ0) is 22.9. The molecule has 0 saturated heterocycles. The number of ether oxygens (including phenoxy) is 1. The van der Waals surface area contributed by atoms with Crippen LogP contribution in [0.4, 0.5) is 4.39 Å². The lowest BCUT2D eigenvalue weighted by Gasteiger charge is -2.27. The molecule has 0 spiro atoms. The van der Waals surface area contributed by atoms with E-state index in [1.165, 1.54) is 12.1 Å². The number of aromatic nitrogens is 4. The van der Waals surface area contributed by atoms with E-state index in [9.17, 15) is 9.18 Å². The Hall–Kier alpha value is -3.72. The molecule has 33 heavy (non-hydrogen) atoms. The van der Waals surface area contributed by atoms with Gasteiger partial charge in [-0.2, -0.15) is 5.10 Å². The predicted octanol–water partition coefficient (Wildman–Crippen LogP) is 4.55. The first-order valence-corrected chi connectivity index (χ1v) is 11.0. The Morgan fingerprint density at radius 2 is 2.06 bits per heavy atom. The van der Waals surface area contributed by atoms with Gasteiger partial charge in [-0.1, -0.05) is 6.08 Å². The van der Waals surface area contributed by atoms with Crippen molar-refractivity contribution in [1.29, 1.82) is 0 Å². The minimum atomic E-state index is -0.267. The zero-order valence-electron chi connectivity index (χ0n) is 18.0. The van der Waals surface area contributed by atoms with Gasteiger partial charge in [0.2, 0.25) is 5.91 Å². The van der Waals surface area contributed by atoms with Gasteiger partial charge in [0.15, 0.2) is 10.6 Å². The number of benzene rings is 2. The molecule has 1 aliphatic heterocycles. The lowest BCUT2D eigenvalue weighted by atomic mass is 9.99. The van der Waals surface area contributed by atoms with Crippen molar-refractivity contribution in [3.8, 4) is 17.1 Å². The summed E-state index contributed by atoms with van der Waals surface area (Å²) in [4.78, 5) is 18.0. The number of carbonyl (C=O) groups is 1. The molecule has 2 aromatic heterocycles. The van der Waals surface area contributed by atoms with Gasteiger partial charge in [0.25, 0.3) is 0 Å². The third kappa shape index (κ3) is 4.07. The minimum absolute atomic E-state index is 0.0291. The summed E-state index contributed by atoms with van der Waals surface area (Å²) < 4.78 is 20.8. The SMILES string of the molecule is COc1ccc(-c2n[nH]c(=S)n2CC(=O)N2CC=C(c3c[nH]c4cc(F)ccc34)CC2)cc1. The average Bonchev–Trinajstić information content (AvgIpc) is 3.42. The molecular weight excluding hydrogens is 441 g/mol. The molecule has 4 aromatic rings. The first kappa shape index (κ1) is 21.1. The first-order valence-electron chi connectivity index (χ1n) is 10.6. The van der Waals surface area contributed by atoms with Gasteiger partial charge >= 0.3 is 0 Å². The number of nitrogens with zero attached hydrogens (tertiary/aromatic N) is 3. The van der Waals surface area contributed by atoms with E-state index in [0.717, 1.165) is 39.8 Å². The molecule has 2 N–H and O–H groups in total. The van der Waals surface area contributed by atoms with E-state index in [-0.39, 0.29) is 18.3 Å². The number of hydrogen-bond acceptors (Lipinski definition) is 4. The third-order valence-electron chi connectivity index (χ3n) is 5.95. The highest BCUT2D eigenvalue weighted by Crippen LogP contribution is 2.30. The topological polar surface area (TPSA) is 78.9 Å². The standard InChI is InChI=1S/C24H22FN5O2S/c1-32-18-5-2-16(3-6-18)23-27-28-24(33)30(23)14-22(31)29-10-8-15(9-11-29)20-13-26-21-12-17(25)4-7-19(20)21/h2-8,12-13,26H,9-11,14H2,1H3,(H,28,33). The molecule has 0 fully saturated rings. The van der Waals surface area contributed by atoms with Crippen LogP contribution in [0.25, 0.3) is 27.9 Å². The maximum Gasteiger partial charge on any atom is 0.242 e. The van der Waals surface area contributed by atoms with Gasteiger partial charge in [-0.15, -0.1) is 0 Å². The summed E-state index contributed by atoms with van der Waals surface area (Å²) in [6.07, 6.45) is 4.68. The molecule has 2 aromatic carbocycles. The Morgan fingerprint density at radius 1 is 1.24 bits per heavy atom. The van der Waals surface area contributed by atoms with Crippen molar-refractivity contribution in [2.45, 2.75) is 13.0 Å². The van der Waals surface area contributed by atoms with Crippen molar-refractivity contribution in [3.05, 3.63) is 70.9 Å². The molecule has 0 bridgehead atoms. The van der Waals surface area contributed by atoms with Gasteiger partial charge in [0.05, 0.1) is 7.11 Å². The van der Waals surface area contributed by atoms with Crippen molar-refractivity contribution in [1.82, 2.24) is 24.6 Å². The van der Waals surface area contributed by atoms with Crippen LogP contribution in [0.5, 0.6) is 5.75 Å². The third-order valence-corrected chi connectivity index (χ3v) is 6.26. The second kappa shape index (κ2) is 8.67. The summed E-state index contributed by atoms with van der Waals surface area (Å²) in [5.74, 6) is 1.05. The molecule has 3 heterocycles. The summed E-state index contributed by atoms with van der Waals surface area (Å²) in [6, 6.07) is 12.2. The molecule has 0 aliphatic carbocycles. The summed E-state index contributed by atoms with van der Waals surface area (Å²) in [7, 11) is 1.61. The highest BCUT2D eigenvalue weighted by atomic mass is 32.1. The van der Waals surface area contributed by atoms with E-state index < -0.39 is 0 Å². The highest BCUT2D eigenvalue weighted by molar-refractivity contribution is 7.71. The Morgan fingerprint density at radius 3 is 2.79 bits per heavy atom. The number of hydrogen-bond donors (Lipinski definition) is 2. The molecule has 7 nitrogen and oxygen atoms in total. The largest absolute Gasteiger partial charge is 0.497 e. The molecule has 1 amide bonds. The van der Waals surface area contributed by atoms with E-state index in [1.54, 1.807) is 17.7 Å². The van der Waals surface area contributed by atoms with E-state index in [0.29, 0.717) is 23.7 Å². The summed E-state index contributed by atoms with van der Waals surface area (Å²) in [5.41, 5.74) is 3.81. The van der Waals surface area contributed by atoms with Gasteiger partial charge in [0.1, 0.15) is 18.1 Å². The minimum Gasteiger partial charge on any atom is -0.497 e. The number of carbonyl (C=O) groups excluding carboxylic acids is 1. The Labute approximate surface area is 194 Å². The van der Waals surface area contributed by atoms with Crippen molar-refractivity contribution < 1.29 is 13.9 Å². The Bertz CT molecular complexity index is 1420. The number of aromatic amines is 2. The van der Waals surface area contributed by atoms with Crippen LogP contribution >= 0.6 is 12.2 Å². The van der Waals surface area contributed by atoms with Crippen LogP contribution in [0, 0.1) is 10.6 Å². The normalized spacial score (nSPS) is 13.9. The number of fused-ring (bicyclic) bond motifs is 1. The van der Waals surface area contributed by atoms with Crippen LogP contribution in [0.2, 0.25) is 0 Å². The maximum atomic E-state index is 13.5. The Balaban J connectivity index is 1.32. The molecular formula is C24H22FN5O2S. The van der Waals surface area contributed by atoms with E-state index in [4.69, 9.17) is 17.0 Å². The lowest BCUT2D eigenvalue weighted by Crippen LogP contribution is -2.37. The van der Waals surface area contributed by atoms with Crippen LogP contribution in [-0.2, 0) is 11.3 Å². The lowest BCUT2D eigenvalue weighted by molar-refractivity contribution is -0.131. The van der Waals surface area contributed by atoms with Gasteiger partial charge in [0, 0.05) is 41.3 Å². The molecule has 168 valence electrons. The fourth-order valence-corrected chi connectivity index (χ4v) is 4.36. The highest BCUT2D eigenvalue weighted by Gasteiger charge is 2.21. The van der Waals surface area contributed by atoms with Crippen molar-refractivity contribution in [2.24, 2.45) is 0 Å². The van der Waals surface area contributed by atoms with Crippen LogP contribution < -0.4 is 4.74 Å². The van der Waals surface area contributed by atoms with Crippen LogP contribution in [0.15, 0.2) is 54.7 Å². The summed E-state index contributed by atoms with van der Waals surface area (Å²) in [6.45, 7) is 1.21. The first-order chi connectivity index (χ1) is 16.0. The van der Waals surface area contributed by atoms with E-state index >= 15 is 0 Å². The molecule has 0 saturated carbocycles. The summed E-state index contributed by atoms with van der Waals surface area (Å²) in [5, 5.41) is 8.09. The number of nitrogens with one attached hydrogen (secondary N) is 2. The quantitative estimate of drug-likeness (QED) is 0.426. The fraction of sp³-hybridized carbons (Fsp3) is 0.208. The number of rotatable bonds is 5. The molecule has 5 rings (SSSR count). The molecule has 9 heteroatoms. The predicted molar refractivity (Wildman–Crippen MR) is 127 cm³/mol. The Kier molecular flexibility index (Phi) is 5.55. The number of H-pyrrole nitrogens is 2. The number of methoxy groups -OCH3 is 1.